The highest BCUT2D eigenvalue weighted by Gasteiger charge is 2.29. The minimum Gasteiger partial charge on any atom is -0.372 e. The molecule has 104 valence electrons. The van der Waals surface area contributed by atoms with Crippen LogP contribution in [0.4, 0.5) is 5.82 Å². The molecular formula is C14H12Br3N3. The van der Waals surface area contributed by atoms with E-state index in [0.29, 0.717) is 5.92 Å². The Morgan fingerprint density at radius 1 is 1.10 bits per heavy atom. The summed E-state index contributed by atoms with van der Waals surface area (Å²) in [5, 5.41) is 3.14. The van der Waals surface area contributed by atoms with Crippen LogP contribution in [-0.2, 0) is 0 Å². The van der Waals surface area contributed by atoms with E-state index in [9.17, 15) is 0 Å². The lowest BCUT2D eigenvalue weighted by Crippen LogP contribution is -2.02. The molecule has 1 heterocycles. The number of benzene rings is 1. The van der Waals surface area contributed by atoms with Gasteiger partial charge in [-0.05, 0) is 78.8 Å². The van der Waals surface area contributed by atoms with Gasteiger partial charge < -0.3 is 5.32 Å². The average molecular weight is 462 g/mol. The van der Waals surface area contributed by atoms with Gasteiger partial charge in [0.25, 0.3) is 0 Å². The van der Waals surface area contributed by atoms with Crippen molar-refractivity contribution in [1.29, 1.82) is 0 Å². The molecule has 1 saturated carbocycles. The van der Waals surface area contributed by atoms with Crippen LogP contribution in [0.1, 0.15) is 24.5 Å². The largest absolute Gasteiger partial charge is 0.372 e. The molecule has 3 nitrogen and oxygen atoms in total. The van der Waals surface area contributed by atoms with E-state index in [-0.39, 0.29) is 0 Å². The van der Waals surface area contributed by atoms with E-state index in [0.717, 1.165) is 36.3 Å². The standard InChI is InChI=1S/C14H12Br3N3/c1-18-14-11(17)12(7-2-3-7)19-13(20-14)8-4-5-9(15)10(16)6-8/h4-7H,2-3H2,1H3,(H,18,19,20). The maximum atomic E-state index is 4.75. The van der Waals surface area contributed by atoms with E-state index < -0.39 is 0 Å². The quantitative estimate of drug-likeness (QED) is 0.669. The second-order valence-electron chi connectivity index (χ2n) is 4.75. The summed E-state index contributed by atoms with van der Waals surface area (Å²) in [6.45, 7) is 0. The Labute approximate surface area is 143 Å². The van der Waals surface area contributed by atoms with Crippen LogP contribution in [0, 0.1) is 0 Å². The molecule has 0 radical (unpaired) electrons. The fraction of sp³-hybridized carbons (Fsp3) is 0.286. The Morgan fingerprint density at radius 3 is 2.45 bits per heavy atom. The van der Waals surface area contributed by atoms with Crippen molar-refractivity contribution in [2.24, 2.45) is 0 Å². The molecule has 1 aromatic heterocycles. The summed E-state index contributed by atoms with van der Waals surface area (Å²) < 4.78 is 3.01. The highest BCUT2D eigenvalue weighted by Crippen LogP contribution is 2.44. The number of halogens is 3. The molecule has 20 heavy (non-hydrogen) atoms. The lowest BCUT2D eigenvalue weighted by atomic mass is 10.2. The van der Waals surface area contributed by atoms with Gasteiger partial charge in [0.15, 0.2) is 5.82 Å². The molecule has 0 saturated heterocycles. The molecule has 1 N–H and O–H groups in total. The van der Waals surface area contributed by atoms with Crippen LogP contribution < -0.4 is 5.32 Å². The van der Waals surface area contributed by atoms with Crippen LogP contribution in [0.15, 0.2) is 31.6 Å². The first kappa shape index (κ1) is 14.5. The van der Waals surface area contributed by atoms with Crippen LogP contribution in [0.25, 0.3) is 11.4 Å². The van der Waals surface area contributed by atoms with Gasteiger partial charge >= 0.3 is 0 Å². The molecule has 3 rings (SSSR count). The summed E-state index contributed by atoms with van der Waals surface area (Å²) in [7, 11) is 1.88. The number of hydrogen-bond acceptors (Lipinski definition) is 3. The number of aromatic nitrogens is 2. The Hall–Kier alpha value is -0.460. The van der Waals surface area contributed by atoms with Crippen molar-refractivity contribution in [3.8, 4) is 11.4 Å². The third kappa shape index (κ3) is 2.78. The van der Waals surface area contributed by atoms with Gasteiger partial charge in [-0.2, -0.15) is 0 Å². The van der Waals surface area contributed by atoms with Crippen molar-refractivity contribution in [2.75, 3.05) is 12.4 Å². The fourth-order valence-electron chi connectivity index (χ4n) is 2.02. The zero-order valence-electron chi connectivity index (χ0n) is 10.8. The summed E-state index contributed by atoms with van der Waals surface area (Å²) in [4.78, 5) is 9.35. The van der Waals surface area contributed by atoms with Gasteiger partial charge in [-0.1, -0.05) is 0 Å². The molecule has 1 aliphatic rings. The Balaban J connectivity index is 2.12. The van der Waals surface area contributed by atoms with Crippen molar-refractivity contribution in [2.45, 2.75) is 18.8 Å². The number of nitrogens with one attached hydrogen (secondary N) is 1. The van der Waals surface area contributed by atoms with Crippen LogP contribution in [0.5, 0.6) is 0 Å². The molecule has 0 bridgehead atoms. The van der Waals surface area contributed by atoms with Crippen molar-refractivity contribution in [3.05, 3.63) is 37.3 Å². The maximum absolute atomic E-state index is 4.75. The number of nitrogens with zero attached hydrogens (tertiary/aromatic N) is 2. The fourth-order valence-corrected chi connectivity index (χ4v) is 3.35. The van der Waals surface area contributed by atoms with E-state index >= 15 is 0 Å². The zero-order valence-corrected chi connectivity index (χ0v) is 15.5. The van der Waals surface area contributed by atoms with E-state index in [4.69, 9.17) is 4.98 Å². The first-order valence-corrected chi connectivity index (χ1v) is 8.68. The van der Waals surface area contributed by atoms with Gasteiger partial charge in [-0.15, -0.1) is 0 Å². The highest BCUT2D eigenvalue weighted by molar-refractivity contribution is 9.13. The first-order valence-electron chi connectivity index (χ1n) is 6.30. The second kappa shape index (κ2) is 5.73. The minimum atomic E-state index is 0.567. The molecule has 6 heteroatoms. The molecule has 0 atom stereocenters. The van der Waals surface area contributed by atoms with Crippen molar-refractivity contribution in [3.63, 3.8) is 0 Å². The van der Waals surface area contributed by atoms with Crippen molar-refractivity contribution in [1.82, 2.24) is 9.97 Å². The van der Waals surface area contributed by atoms with Gasteiger partial charge in [0.1, 0.15) is 5.82 Å². The Kier molecular flexibility index (Phi) is 4.15. The number of hydrogen-bond donors (Lipinski definition) is 1. The molecule has 1 aliphatic carbocycles. The molecule has 0 aliphatic heterocycles. The normalized spacial score (nSPS) is 14.4. The SMILES string of the molecule is CNc1nc(-c2ccc(Br)c(Br)c2)nc(C2CC2)c1Br. The van der Waals surface area contributed by atoms with Crippen molar-refractivity contribution < 1.29 is 0 Å². The van der Waals surface area contributed by atoms with Gasteiger partial charge in [-0.25, -0.2) is 9.97 Å². The lowest BCUT2D eigenvalue weighted by molar-refractivity contribution is 0.980. The van der Waals surface area contributed by atoms with Gasteiger partial charge in [0, 0.05) is 27.5 Å². The van der Waals surface area contributed by atoms with Crippen LogP contribution in [0.3, 0.4) is 0 Å². The van der Waals surface area contributed by atoms with Crippen LogP contribution >= 0.6 is 47.8 Å². The maximum Gasteiger partial charge on any atom is 0.161 e. The zero-order chi connectivity index (χ0) is 14.3. The highest BCUT2D eigenvalue weighted by atomic mass is 79.9. The molecule has 1 fully saturated rings. The minimum absolute atomic E-state index is 0.567. The van der Waals surface area contributed by atoms with E-state index in [1.807, 2.05) is 25.2 Å². The number of rotatable bonds is 3. The molecule has 0 spiro atoms. The predicted molar refractivity (Wildman–Crippen MR) is 92.1 cm³/mol. The van der Waals surface area contributed by atoms with E-state index in [1.165, 1.54) is 12.8 Å². The average Bonchev–Trinajstić information content (AvgIpc) is 3.27. The molecule has 1 aromatic carbocycles. The van der Waals surface area contributed by atoms with Crippen molar-refractivity contribution >= 4 is 53.6 Å². The summed E-state index contributed by atoms with van der Waals surface area (Å²) >= 11 is 10.6. The summed E-state index contributed by atoms with van der Waals surface area (Å²) in [6, 6.07) is 6.05. The first-order chi connectivity index (χ1) is 9.60. The topological polar surface area (TPSA) is 37.8 Å². The molecule has 0 amide bonds. The monoisotopic (exact) mass is 459 g/mol. The lowest BCUT2D eigenvalue weighted by Gasteiger charge is -2.11. The molecule has 2 aromatic rings. The van der Waals surface area contributed by atoms with Crippen LogP contribution in [0.2, 0.25) is 0 Å². The predicted octanol–water partition coefficient (Wildman–Crippen LogP) is 5.35. The Morgan fingerprint density at radius 2 is 1.85 bits per heavy atom. The third-order valence-electron chi connectivity index (χ3n) is 3.26. The molecular weight excluding hydrogens is 450 g/mol. The van der Waals surface area contributed by atoms with Gasteiger partial charge in [-0.3, -0.25) is 0 Å². The second-order valence-corrected chi connectivity index (χ2v) is 7.25. The summed E-state index contributed by atoms with van der Waals surface area (Å²) in [5.41, 5.74) is 2.12. The van der Waals surface area contributed by atoms with E-state index in [1.54, 1.807) is 0 Å². The van der Waals surface area contributed by atoms with Gasteiger partial charge in [0.05, 0.1) is 10.2 Å². The summed E-state index contributed by atoms with van der Waals surface area (Å²) in [5.74, 6) is 2.17. The third-order valence-corrected chi connectivity index (χ3v) is 5.92. The van der Waals surface area contributed by atoms with E-state index in [2.05, 4.69) is 58.1 Å². The number of anilines is 1. The van der Waals surface area contributed by atoms with Crippen LogP contribution in [-0.4, -0.2) is 17.0 Å². The Bertz CT molecular complexity index is 669. The summed E-state index contributed by atoms with van der Waals surface area (Å²) in [6.07, 6.45) is 2.42. The molecule has 0 unspecified atom stereocenters. The smallest absolute Gasteiger partial charge is 0.161 e. The van der Waals surface area contributed by atoms with Gasteiger partial charge in [0.2, 0.25) is 0 Å².